The van der Waals surface area contributed by atoms with Crippen molar-refractivity contribution in [2.75, 3.05) is 29.2 Å². The summed E-state index contributed by atoms with van der Waals surface area (Å²) in [5.74, 6) is 0.721. The highest BCUT2D eigenvalue weighted by Crippen LogP contribution is 2.32. The summed E-state index contributed by atoms with van der Waals surface area (Å²) in [7, 11) is 0. The minimum Gasteiger partial charge on any atom is -0.382 e. The van der Waals surface area contributed by atoms with Gasteiger partial charge in [0.2, 0.25) is 11.8 Å². The van der Waals surface area contributed by atoms with Crippen molar-refractivity contribution >= 4 is 35.0 Å². The zero-order valence-electron chi connectivity index (χ0n) is 19.3. The number of anilines is 2. The molecule has 0 aliphatic carbocycles. The van der Waals surface area contributed by atoms with Crippen LogP contribution in [0.5, 0.6) is 0 Å². The number of amides is 2. The van der Waals surface area contributed by atoms with Gasteiger partial charge in [0, 0.05) is 50.2 Å². The second kappa shape index (κ2) is 11.3. The monoisotopic (exact) mass is 480 g/mol. The molecule has 3 aromatic rings. The van der Waals surface area contributed by atoms with Gasteiger partial charge in [-0.2, -0.15) is 0 Å². The van der Waals surface area contributed by atoms with Crippen LogP contribution in [0.4, 0.5) is 11.4 Å². The van der Waals surface area contributed by atoms with Crippen molar-refractivity contribution in [3.05, 3.63) is 48.8 Å². The number of ether oxygens (including phenoxy) is 1. The summed E-state index contributed by atoms with van der Waals surface area (Å²) in [6, 6.07) is 10.9. The summed E-state index contributed by atoms with van der Waals surface area (Å²) in [5, 5.41) is 12.3. The van der Waals surface area contributed by atoms with E-state index < -0.39 is 0 Å². The zero-order valence-corrected chi connectivity index (χ0v) is 20.1. The first-order valence-electron chi connectivity index (χ1n) is 11.3. The predicted molar refractivity (Wildman–Crippen MR) is 132 cm³/mol. The van der Waals surface area contributed by atoms with Gasteiger partial charge in [0.25, 0.3) is 0 Å². The number of hydrogen-bond donors (Lipinski definition) is 1. The Labute approximate surface area is 202 Å². The van der Waals surface area contributed by atoms with Crippen molar-refractivity contribution in [3.8, 4) is 11.4 Å². The van der Waals surface area contributed by atoms with E-state index in [1.54, 1.807) is 17.3 Å². The maximum absolute atomic E-state index is 13.4. The Balaban J connectivity index is 1.54. The highest BCUT2D eigenvalue weighted by molar-refractivity contribution is 7.99. The molecule has 1 aliphatic heterocycles. The van der Waals surface area contributed by atoms with E-state index >= 15 is 0 Å². The van der Waals surface area contributed by atoms with Crippen LogP contribution in [0.1, 0.15) is 26.7 Å². The van der Waals surface area contributed by atoms with E-state index in [1.165, 1.54) is 11.8 Å². The van der Waals surface area contributed by atoms with E-state index in [0.29, 0.717) is 36.3 Å². The molecule has 9 nitrogen and oxygen atoms in total. The van der Waals surface area contributed by atoms with Crippen molar-refractivity contribution in [3.63, 3.8) is 0 Å². The van der Waals surface area contributed by atoms with E-state index in [-0.39, 0.29) is 30.0 Å². The lowest BCUT2D eigenvalue weighted by Crippen LogP contribution is -2.40. The minimum atomic E-state index is -0.256. The van der Waals surface area contributed by atoms with Crippen LogP contribution in [0.25, 0.3) is 11.4 Å². The molecule has 1 N–H and O–H groups in total. The first-order valence-corrected chi connectivity index (χ1v) is 12.3. The molecule has 2 aromatic heterocycles. The standard InChI is InChI=1S/C24H28N6O3S/c1-3-33-14-6-13-29-23(18-9-11-25-12-10-18)27-28-24(29)34-16-22(32)30-17(2)15-21(31)26-19-7-4-5-8-20(19)30/h4-5,7-12,17H,3,6,13-16H2,1-2H3,(H,26,31)/t17-/m1/s1. The van der Waals surface area contributed by atoms with E-state index in [1.807, 2.05) is 54.8 Å². The zero-order chi connectivity index (χ0) is 23.9. The lowest BCUT2D eigenvalue weighted by atomic mass is 10.2. The van der Waals surface area contributed by atoms with Gasteiger partial charge in [-0.1, -0.05) is 23.9 Å². The summed E-state index contributed by atoms with van der Waals surface area (Å²) >= 11 is 1.35. The van der Waals surface area contributed by atoms with Gasteiger partial charge in [-0.05, 0) is 44.5 Å². The van der Waals surface area contributed by atoms with Crippen molar-refractivity contribution in [1.82, 2.24) is 19.7 Å². The van der Waals surface area contributed by atoms with E-state index in [2.05, 4.69) is 20.5 Å². The largest absolute Gasteiger partial charge is 0.382 e. The molecular weight excluding hydrogens is 452 g/mol. The third-order valence-electron chi connectivity index (χ3n) is 5.48. The first-order chi connectivity index (χ1) is 16.6. The van der Waals surface area contributed by atoms with Gasteiger partial charge < -0.3 is 19.5 Å². The Bertz CT molecular complexity index is 1140. The van der Waals surface area contributed by atoms with Crippen LogP contribution in [0.15, 0.2) is 53.9 Å². The molecule has 3 heterocycles. The Morgan fingerprint density at radius 2 is 2.00 bits per heavy atom. The van der Waals surface area contributed by atoms with Crippen molar-refractivity contribution < 1.29 is 14.3 Å². The number of carbonyl (C=O) groups is 2. The summed E-state index contributed by atoms with van der Waals surface area (Å²) in [5.41, 5.74) is 2.27. The normalized spacial score (nSPS) is 15.5. The lowest BCUT2D eigenvalue weighted by Gasteiger charge is -2.27. The molecule has 2 amide bonds. The van der Waals surface area contributed by atoms with Crippen LogP contribution in [-0.2, 0) is 20.9 Å². The average Bonchev–Trinajstić information content (AvgIpc) is 3.19. The number of aromatic nitrogens is 4. The summed E-state index contributed by atoms with van der Waals surface area (Å²) in [4.78, 5) is 31.4. The van der Waals surface area contributed by atoms with Crippen molar-refractivity contribution in [2.24, 2.45) is 0 Å². The van der Waals surface area contributed by atoms with Gasteiger partial charge in [-0.25, -0.2) is 0 Å². The third-order valence-corrected chi connectivity index (χ3v) is 6.43. The van der Waals surface area contributed by atoms with Crippen molar-refractivity contribution in [2.45, 2.75) is 44.4 Å². The van der Waals surface area contributed by atoms with Crippen molar-refractivity contribution in [1.29, 1.82) is 0 Å². The maximum atomic E-state index is 13.4. The molecule has 178 valence electrons. The van der Waals surface area contributed by atoms with Crippen LogP contribution in [0.2, 0.25) is 0 Å². The molecule has 0 radical (unpaired) electrons. The highest BCUT2D eigenvalue weighted by atomic mass is 32.2. The topological polar surface area (TPSA) is 102 Å². The lowest BCUT2D eigenvalue weighted by molar-refractivity contribution is -0.117. The fraction of sp³-hybridized carbons (Fsp3) is 0.375. The van der Waals surface area contributed by atoms with Gasteiger partial charge in [0.05, 0.1) is 17.1 Å². The van der Waals surface area contributed by atoms with Gasteiger partial charge in [-0.15, -0.1) is 10.2 Å². The number of nitrogens with one attached hydrogen (secondary N) is 1. The van der Waals surface area contributed by atoms with Gasteiger partial charge in [0.15, 0.2) is 11.0 Å². The Kier molecular flexibility index (Phi) is 7.91. The smallest absolute Gasteiger partial charge is 0.237 e. The van der Waals surface area contributed by atoms with Crippen LogP contribution < -0.4 is 10.2 Å². The van der Waals surface area contributed by atoms with Crippen LogP contribution in [0, 0.1) is 0 Å². The number of carbonyl (C=O) groups excluding carboxylic acids is 2. The Morgan fingerprint density at radius 3 is 2.79 bits per heavy atom. The maximum Gasteiger partial charge on any atom is 0.237 e. The van der Waals surface area contributed by atoms with Gasteiger partial charge >= 0.3 is 0 Å². The molecule has 0 unspecified atom stereocenters. The molecule has 0 saturated carbocycles. The molecule has 0 fully saturated rings. The molecular formula is C24H28N6O3S. The minimum absolute atomic E-state index is 0.0872. The number of nitrogens with zero attached hydrogens (tertiary/aromatic N) is 5. The average molecular weight is 481 g/mol. The van der Waals surface area contributed by atoms with E-state index in [0.717, 1.165) is 17.8 Å². The fourth-order valence-corrected chi connectivity index (χ4v) is 4.77. The number of para-hydroxylation sites is 2. The Hall–Kier alpha value is -3.24. The van der Waals surface area contributed by atoms with Crippen LogP contribution in [0.3, 0.4) is 0 Å². The quantitative estimate of drug-likeness (QED) is 0.369. The molecule has 4 rings (SSSR count). The van der Waals surface area contributed by atoms with E-state index in [4.69, 9.17) is 4.74 Å². The van der Waals surface area contributed by atoms with Crippen LogP contribution in [-0.4, -0.2) is 56.6 Å². The second-order valence-corrected chi connectivity index (χ2v) is 8.86. The Morgan fingerprint density at radius 1 is 1.21 bits per heavy atom. The molecule has 10 heteroatoms. The SMILES string of the molecule is CCOCCCn1c(SCC(=O)N2c3ccccc3NC(=O)C[C@H]2C)nnc1-c1ccncc1. The number of thioether (sulfide) groups is 1. The molecule has 34 heavy (non-hydrogen) atoms. The highest BCUT2D eigenvalue weighted by Gasteiger charge is 2.30. The van der Waals surface area contributed by atoms with Gasteiger partial charge in [-0.3, -0.25) is 14.6 Å². The molecule has 0 spiro atoms. The molecule has 0 saturated heterocycles. The number of pyridine rings is 1. The number of fused-ring (bicyclic) bond motifs is 1. The summed E-state index contributed by atoms with van der Waals surface area (Å²) in [6.07, 6.45) is 4.48. The molecule has 1 aromatic carbocycles. The number of hydrogen-bond acceptors (Lipinski definition) is 7. The molecule has 1 aliphatic rings. The molecule has 1 atom stereocenters. The third kappa shape index (κ3) is 5.45. The van der Waals surface area contributed by atoms with E-state index in [9.17, 15) is 9.59 Å². The molecule has 0 bridgehead atoms. The predicted octanol–water partition coefficient (Wildman–Crippen LogP) is 3.62. The summed E-state index contributed by atoms with van der Waals surface area (Å²) in [6.45, 7) is 5.84. The van der Waals surface area contributed by atoms with Crippen LogP contribution >= 0.6 is 11.8 Å². The fourth-order valence-electron chi connectivity index (χ4n) is 3.94. The van der Waals surface area contributed by atoms with Gasteiger partial charge in [0.1, 0.15) is 0 Å². The second-order valence-electron chi connectivity index (χ2n) is 7.92. The number of rotatable bonds is 9. The first kappa shape index (κ1) is 23.9. The summed E-state index contributed by atoms with van der Waals surface area (Å²) < 4.78 is 7.52. The number of benzene rings is 1.